The van der Waals surface area contributed by atoms with Crippen LogP contribution in [-0.2, 0) is 0 Å². The van der Waals surface area contributed by atoms with Crippen molar-refractivity contribution in [3.8, 4) is 6.07 Å². The molecule has 5 heteroatoms. The first-order valence-corrected chi connectivity index (χ1v) is 6.07. The van der Waals surface area contributed by atoms with Gasteiger partial charge in [0.15, 0.2) is 0 Å². The fourth-order valence-corrected chi connectivity index (χ4v) is 1.82. The first-order valence-electron chi connectivity index (χ1n) is 6.07. The van der Waals surface area contributed by atoms with Gasteiger partial charge in [-0.2, -0.15) is 5.26 Å². The van der Waals surface area contributed by atoms with Gasteiger partial charge in [0.05, 0.1) is 11.0 Å². The zero-order chi connectivity index (χ0) is 14.5. The molecule has 100 valence electrons. The molecule has 0 aliphatic carbocycles. The zero-order valence-electron chi connectivity index (χ0n) is 10.9. The molecular weight excluding hydrogens is 254 g/mol. The monoisotopic (exact) mass is 267 g/mol. The molecule has 0 spiro atoms. The molecule has 0 aromatic heterocycles. The smallest absolute Gasteiger partial charge is 0.269 e. The van der Waals surface area contributed by atoms with E-state index in [0.717, 1.165) is 11.3 Å². The van der Waals surface area contributed by atoms with Crippen LogP contribution in [0.1, 0.15) is 17.2 Å². The normalized spacial score (nSPS) is 11.4. The van der Waals surface area contributed by atoms with E-state index in [9.17, 15) is 15.4 Å². The number of non-ortho nitro benzene ring substituents is 1. The van der Waals surface area contributed by atoms with E-state index in [1.807, 2.05) is 31.2 Å². The molecule has 0 saturated carbocycles. The number of nitro benzene ring substituents is 1. The summed E-state index contributed by atoms with van der Waals surface area (Å²) < 4.78 is 0. The van der Waals surface area contributed by atoms with E-state index in [0.29, 0.717) is 5.56 Å². The Hall–Kier alpha value is -2.87. The molecule has 0 saturated heterocycles. The SMILES string of the molecule is Cc1ccc(NC(C#N)c2cccc([N+](=O)[O-])c2)cc1. The van der Waals surface area contributed by atoms with Crippen LogP contribution in [0.25, 0.3) is 0 Å². The van der Waals surface area contributed by atoms with E-state index in [1.165, 1.54) is 12.1 Å². The molecule has 0 radical (unpaired) electrons. The molecule has 20 heavy (non-hydrogen) atoms. The number of benzene rings is 2. The Morgan fingerprint density at radius 2 is 1.95 bits per heavy atom. The lowest BCUT2D eigenvalue weighted by Crippen LogP contribution is -2.08. The van der Waals surface area contributed by atoms with Crippen molar-refractivity contribution in [2.75, 3.05) is 5.32 Å². The highest BCUT2D eigenvalue weighted by molar-refractivity contribution is 5.49. The summed E-state index contributed by atoms with van der Waals surface area (Å²) >= 11 is 0. The highest BCUT2D eigenvalue weighted by atomic mass is 16.6. The van der Waals surface area contributed by atoms with Crippen LogP contribution in [0.4, 0.5) is 11.4 Å². The molecular formula is C15H13N3O2. The molecule has 0 bridgehead atoms. The Labute approximate surface area is 116 Å². The van der Waals surface area contributed by atoms with E-state index in [-0.39, 0.29) is 5.69 Å². The number of hydrogen-bond donors (Lipinski definition) is 1. The van der Waals surface area contributed by atoms with Gasteiger partial charge in [0.2, 0.25) is 0 Å². The minimum absolute atomic E-state index is 0.0199. The van der Waals surface area contributed by atoms with Gasteiger partial charge in [0.1, 0.15) is 6.04 Å². The lowest BCUT2D eigenvalue weighted by molar-refractivity contribution is -0.384. The number of nitrogens with one attached hydrogen (secondary N) is 1. The van der Waals surface area contributed by atoms with E-state index >= 15 is 0 Å². The third-order valence-corrected chi connectivity index (χ3v) is 2.91. The quantitative estimate of drug-likeness (QED) is 0.678. The molecule has 0 aliphatic heterocycles. The second kappa shape index (κ2) is 5.85. The Bertz CT molecular complexity index is 660. The molecule has 1 N–H and O–H groups in total. The maximum atomic E-state index is 10.8. The largest absolute Gasteiger partial charge is 0.366 e. The summed E-state index contributed by atoms with van der Waals surface area (Å²) in [6.07, 6.45) is 0. The second-order valence-corrected chi connectivity index (χ2v) is 4.42. The fraction of sp³-hybridized carbons (Fsp3) is 0.133. The summed E-state index contributed by atoms with van der Waals surface area (Å²) in [5, 5.41) is 23.1. The number of rotatable bonds is 4. The van der Waals surface area contributed by atoms with Crippen molar-refractivity contribution in [3.05, 3.63) is 69.8 Å². The summed E-state index contributed by atoms with van der Waals surface area (Å²) in [6, 6.07) is 15.2. The summed E-state index contributed by atoms with van der Waals surface area (Å²) in [7, 11) is 0. The lowest BCUT2D eigenvalue weighted by atomic mass is 10.1. The Morgan fingerprint density at radius 1 is 1.25 bits per heavy atom. The van der Waals surface area contributed by atoms with Crippen molar-refractivity contribution in [1.29, 1.82) is 5.26 Å². The van der Waals surface area contributed by atoms with Crippen molar-refractivity contribution < 1.29 is 4.92 Å². The third-order valence-electron chi connectivity index (χ3n) is 2.91. The summed E-state index contributed by atoms with van der Waals surface area (Å²) in [5.41, 5.74) is 2.48. The van der Waals surface area contributed by atoms with Crippen molar-refractivity contribution in [2.24, 2.45) is 0 Å². The molecule has 1 unspecified atom stereocenters. The van der Waals surface area contributed by atoms with E-state index in [2.05, 4.69) is 11.4 Å². The Balaban J connectivity index is 2.24. The van der Waals surface area contributed by atoms with Crippen LogP contribution < -0.4 is 5.32 Å². The number of nitrogens with zero attached hydrogens (tertiary/aromatic N) is 2. The predicted molar refractivity (Wildman–Crippen MR) is 76.3 cm³/mol. The van der Waals surface area contributed by atoms with Crippen LogP contribution in [0.5, 0.6) is 0 Å². The molecule has 0 heterocycles. The van der Waals surface area contributed by atoms with Gasteiger partial charge in [0.25, 0.3) is 5.69 Å². The number of hydrogen-bond acceptors (Lipinski definition) is 4. The van der Waals surface area contributed by atoms with Gasteiger partial charge in [-0.1, -0.05) is 29.8 Å². The summed E-state index contributed by atoms with van der Waals surface area (Å²) in [6.45, 7) is 1.98. The molecule has 0 aliphatic rings. The van der Waals surface area contributed by atoms with Gasteiger partial charge in [0, 0.05) is 17.8 Å². The lowest BCUT2D eigenvalue weighted by Gasteiger charge is -2.13. The van der Waals surface area contributed by atoms with Crippen LogP contribution in [0.15, 0.2) is 48.5 Å². The topological polar surface area (TPSA) is 79.0 Å². The molecule has 2 rings (SSSR count). The summed E-state index contributed by atoms with van der Waals surface area (Å²) in [5.74, 6) is 0. The van der Waals surface area contributed by atoms with Crippen LogP contribution in [-0.4, -0.2) is 4.92 Å². The minimum Gasteiger partial charge on any atom is -0.366 e. The van der Waals surface area contributed by atoms with Crippen LogP contribution in [0, 0.1) is 28.4 Å². The molecule has 5 nitrogen and oxygen atoms in total. The Kier molecular flexibility index (Phi) is 3.96. The highest BCUT2D eigenvalue weighted by Crippen LogP contribution is 2.22. The van der Waals surface area contributed by atoms with Crippen LogP contribution in [0.2, 0.25) is 0 Å². The van der Waals surface area contributed by atoms with Crippen molar-refractivity contribution >= 4 is 11.4 Å². The van der Waals surface area contributed by atoms with Gasteiger partial charge in [-0.05, 0) is 24.6 Å². The van der Waals surface area contributed by atoms with Gasteiger partial charge in [-0.25, -0.2) is 0 Å². The standard InChI is InChI=1S/C15H13N3O2/c1-11-5-7-13(8-6-11)17-15(10-16)12-3-2-4-14(9-12)18(19)20/h2-9,15,17H,1H3. The van der Waals surface area contributed by atoms with Gasteiger partial charge < -0.3 is 5.32 Å². The van der Waals surface area contributed by atoms with Crippen molar-refractivity contribution in [1.82, 2.24) is 0 Å². The Morgan fingerprint density at radius 3 is 2.55 bits per heavy atom. The number of nitro groups is 1. The molecule has 0 fully saturated rings. The number of nitriles is 1. The first kappa shape index (κ1) is 13.6. The zero-order valence-corrected chi connectivity index (χ0v) is 10.9. The van der Waals surface area contributed by atoms with Crippen LogP contribution >= 0.6 is 0 Å². The highest BCUT2D eigenvalue weighted by Gasteiger charge is 2.14. The summed E-state index contributed by atoms with van der Waals surface area (Å²) in [4.78, 5) is 10.3. The molecule has 2 aromatic carbocycles. The first-order chi connectivity index (χ1) is 9.60. The van der Waals surface area contributed by atoms with E-state index in [4.69, 9.17) is 0 Å². The second-order valence-electron chi connectivity index (χ2n) is 4.42. The molecule has 1 atom stereocenters. The van der Waals surface area contributed by atoms with Crippen molar-refractivity contribution in [2.45, 2.75) is 13.0 Å². The number of aryl methyl sites for hydroxylation is 1. The number of anilines is 1. The third kappa shape index (κ3) is 3.12. The van der Waals surface area contributed by atoms with E-state index < -0.39 is 11.0 Å². The van der Waals surface area contributed by atoms with Crippen molar-refractivity contribution in [3.63, 3.8) is 0 Å². The van der Waals surface area contributed by atoms with Gasteiger partial charge in [-0.15, -0.1) is 0 Å². The minimum atomic E-state index is -0.627. The maximum absolute atomic E-state index is 10.8. The fourth-order valence-electron chi connectivity index (χ4n) is 1.82. The van der Waals surface area contributed by atoms with Crippen LogP contribution in [0.3, 0.4) is 0 Å². The van der Waals surface area contributed by atoms with Gasteiger partial charge in [-0.3, -0.25) is 10.1 Å². The van der Waals surface area contributed by atoms with Gasteiger partial charge >= 0.3 is 0 Å². The average Bonchev–Trinajstić information content (AvgIpc) is 2.46. The average molecular weight is 267 g/mol. The predicted octanol–water partition coefficient (Wildman–Crippen LogP) is 3.58. The maximum Gasteiger partial charge on any atom is 0.269 e. The van der Waals surface area contributed by atoms with E-state index in [1.54, 1.807) is 12.1 Å². The molecule has 2 aromatic rings. The molecule has 0 amide bonds.